The van der Waals surface area contributed by atoms with Gasteiger partial charge in [0.15, 0.2) is 0 Å². The molecule has 0 fully saturated rings. The average molecular weight is 405 g/mol. The van der Waals surface area contributed by atoms with Crippen molar-refractivity contribution < 1.29 is 4.74 Å². The van der Waals surface area contributed by atoms with Crippen LogP contribution in [0.2, 0.25) is 5.02 Å². The molecule has 0 aliphatic heterocycles. The summed E-state index contributed by atoms with van der Waals surface area (Å²) in [7, 11) is 1.67. The van der Waals surface area contributed by atoms with Gasteiger partial charge in [0.1, 0.15) is 23.8 Å². The molecule has 2 heterocycles. The number of anilines is 3. The second kappa shape index (κ2) is 9.59. The Labute approximate surface area is 167 Å². The summed E-state index contributed by atoms with van der Waals surface area (Å²) >= 11 is 7.64. The van der Waals surface area contributed by atoms with Crippen molar-refractivity contribution in [1.29, 1.82) is 0 Å². The van der Waals surface area contributed by atoms with Crippen LogP contribution in [0, 0.1) is 6.92 Å². The zero-order valence-electron chi connectivity index (χ0n) is 15.1. The Hall–Kier alpha value is -2.29. The third-order valence-electron chi connectivity index (χ3n) is 3.58. The third kappa shape index (κ3) is 5.85. The van der Waals surface area contributed by atoms with Gasteiger partial charge in [0, 0.05) is 36.6 Å². The first-order chi connectivity index (χ1) is 13.1. The Kier molecular flexibility index (Phi) is 6.92. The topological polar surface area (TPSA) is 76.9 Å². The fraction of sp³-hybridized carbons (Fsp3) is 0.278. The van der Waals surface area contributed by atoms with Crippen LogP contribution in [0.15, 0.2) is 42.7 Å². The molecule has 3 rings (SSSR count). The van der Waals surface area contributed by atoms with Crippen molar-refractivity contribution >= 4 is 41.0 Å². The van der Waals surface area contributed by atoms with Gasteiger partial charge >= 0.3 is 0 Å². The van der Waals surface area contributed by atoms with Crippen molar-refractivity contribution in [1.82, 2.24) is 19.2 Å². The van der Waals surface area contributed by atoms with E-state index in [4.69, 9.17) is 16.3 Å². The standard InChI is InChI=1S/C18H21ClN6OS/c1-13-8-18(23-17-10-16(21-12-22-17)20-6-7-26-2)25(24-13)27-11-14-4-3-5-15(19)9-14/h3-5,8-10,12H,6-7,11H2,1-2H3,(H2,20,21,22,23). The van der Waals surface area contributed by atoms with Crippen molar-refractivity contribution in [2.75, 3.05) is 30.9 Å². The van der Waals surface area contributed by atoms with Crippen LogP contribution in [0.4, 0.5) is 17.5 Å². The van der Waals surface area contributed by atoms with Gasteiger partial charge in [-0.1, -0.05) is 23.7 Å². The molecule has 0 saturated heterocycles. The van der Waals surface area contributed by atoms with Crippen molar-refractivity contribution in [3.63, 3.8) is 0 Å². The van der Waals surface area contributed by atoms with Crippen molar-refractivity contribution in [3.8, 4) is 0 Å². The van der Waals surface area contributed by atoms with E-state index in [0.717, 1.165) is 33.7 Å². The Bertz CT molecular complexity index is 888. The molecule has 27 heavy (non-hydrogen) atoms. The minimum atomic E-state index is 0.610. The van der Waals surface area contributed by atoms with E-state index in [1.165, 1.54) is 6.33 Å². The van der Waals surface area contributed by atoms with Gasteiger partial charge in [-0.3, -0.25) is 0 Å². The van der Waals surface area contributed by atoms with Gasteiger partial charge in [-0.25, -0.2) is 9.97 Å². The van der Waals surface area contributed by atoms with Gasteiger partial charge in [-0.2, -0.15) is 9.19 Å². The first-order valence-corrected chi connectivity index (χ1v) is 9.72. The highest BCUT2D eigenvalue weighted by atomic mass is 35.5. The SMILES string of the molecule is COCCNc1cc(Nc2cc(C)nn2SCc2cccc(Cl)c2)ncn1. The summed E-state index contributed by atoms with van der Waals surface area (Å²) in [6.45, 7) is 3.25. The van der Waals surface area contributed by atoms with E-state index in [2.05, 4.69) is 25.7 Å². The summed E-state index contributed by atoms with van der Waals surface area (Å²) in [5.41, 5.74) is 2.06. The second-order valence-corrected chi connectivity index (χ2v) is 7.11. The number of benzene rings is 1. The van der Waals surface area contributed by atoms with E-state index in [9.17, 15) is 0 Å². The fourth-order valence-corrected chi connectivity index (χ4v) is 3.45. The Morgan fingerprint density at radius 3 is 2.85 bits per heavy atom. The molecule has 9 heteroatoms. The molecule has 2 aromatic heterocycles. The van der Waals surface area contributed by atoms with Gasteiger partial charge in [0.05, 0.1) is 12.3 Å². The smallest absolute Gasteiger partial charge is 0.142 e. The lowest BCUT2D eigenvalue weighted by molar-refractivity contribution is 0.210. The van der Waals surface area contributed by atoms with Crippen LogP contribution in [-0.2, 0) is 10.5 Å². The minimum absolute atomic E-state index is 0.610. The van der Waals surface area contributed by atoms with Crippen molar-refractivity contribution in [3.05, 3.63) is 59.0 Å². The molecule has 0 unspecified atom stereocenters. The highest BCUT2D eigenvalue weighted by molar-refractivity contribution is 7.97. The highest BCUT2D eigenvalue weighted by Crippen LogP contribution is 2.24. The molecule has 2 N–H and O–H groups in total. The monoisotopic (exact) mass is 404 g/mol. The number of aromatic nitrogens is 4. The second-order valence-electron chi connectivity index (χ2n) is 5.78. The summed E-state index contributed by atoms with van der Waals surface area (Å²) in [5, 5.41) is 11.8. The highest BCUT2D eigenvalue weighted by Gasteiger charge is 2.09. The molecule has 0 aliphatic carbocycles. The predicted molar refractivity (Wildman–Crippen MR) is 111 cm³/mol. The lowest BCUT2D eigenvalue weighted by Crippen LogP contribution is -2.09. The quantitative estimate of drug-likeness (QED) is 0.519. The molecule has 1 aromatic carbocycles. The van der Waals surface area contributed by atoms with Crippen LogP contribution < -0.4 is 10.6 Å². The molecule has 0 aliphatic rings. The molecule has 3 aromatic rings. The molecular formula is C18H21ClN6OS. The van der Waals surface area contributed by atoms with E-state index in [1.54, 1.807) is 19.1 Å². The molecule has 142 valence electrons. The van der Waals surface area contributed by atoms with E-state index >= 15 is 0 Å². The Morgan fingerprint density at radius 2 is 2.04 bits per heavy atom. The molecule has 0 atom stereocenters. The summed E-state index contributed by atoms with van der Waals surface area (Å²) in [6, 6.07) is 11.7. The van der Waals surface area contributed by atoms with E-state index in [1.807, 2.05) is 47.4 Å². The van der Waals surface area contributed by atoms with E-state index < -0.39 is 0 Å². The zero-order valence-corrected chi connectivity index (χ0v) is 16.7. The molecule has 0 amide bonds. The van der Waals surface area contributed by atoms with E-state index in [-0.39, 0.29) is 0 Å². The minimum Gasteiger partial charge on any atom is -0.383 e. The van der Waals surface area contributed by atoms with Crippen LogP contribution in [0.5, 0.6) is 0 Å². The maximum atomic E-state index is 6.06. The van der Waals surface area contributed by atoms with Crippen molar-refractivity contribution in [2.45, 2.75) is 12.7 Å². The molecule has 0 bridgehead atoms. The number of aryl methyl sites for hydroxylation is 1. The number of nitrogens with one attached hydrogen (secondary N) is 2. The van der Waals surface area contributed by atoms with Crippen LogP contribution in [0.1, 0.15) is 11.3 Å². The average Bonchev–Trinajstić information content (AvgIpc) is 3.00. The molecular weight excluding hydrogens is 384 g/mol. The number of methoxy groups -OCH3 is 1. The number of rotatable bonds is 9. The molecule has 0 saturated carbocycles. The fourth-order valence-electron chi connectivity index (χ4n) is 2.36. The maximum Gasteiger partial charge on any atom is 0.142 e. The number of hydrogen-bond acceptors (Lipinski definition) is 7. The van der Waals surface area contributed by atoms with Crippen LogP contribution in [0.3, 0.4) is 0 Å². The first kappa shape index (κ1) is 19.5. The summed E-state index contributed by atoms with van der Waals surface area (Å²) in [5.74, 6) is 3.03. The van der Waals surface area contributed by atoms with Gasteiger partial charge in [-0.15, -0.1) is 0 Å². The maximum absolute atomic E-state index is 6.06. The van der Waals surface area contributed by atoms with Crippen LogP contribution in [0.25, 0.3) is 0 Å². The third-order valence-corrected chi connectivity index (χ3v) is 4.80. The lowest BCUT2D eigenvalue weighted by Gasteiger charge is -2.10. The number of hydrogen-bond donors (Lipinski definition) is 2. The van der Waals surface area contributed by atoms with Crippen molar-refractivity contribution in [2.24, 2.45) is 0 Å². The largest absolute Gasteiger partial charge is 0.383 e. The normalized spacial score (nSPS) is 10.8. The summed E-state index contributed by atoms with van der Waals surface area (Å²) < 4.78 is 6.89. The lowest BCUT2D eigenvalue weighted by atomic mass is 10.2. The number of halogens is 1. The van der Waals surface area contributed by atoms with Crippen LogP contribution in [-0.4, -0.2) is 39.4 Å². The van der Waals surface area contributed by atoms with E-state index in [0.29, 0.717) is 19.0 Å². The number of nitrogens with zero attached hydrogens (tertiary/aromatic N) is 4. The predicted octanol–water partition coefficient (Wildman–Crippen LogP) is 4.13. The molecule has 0 spiro atoms. The van der Waals surface area contributed by atoms with Gasteiger partial charge in [-0.05, 0) is 36.6 Å². The van der Waals surface area contributed by atoms with Crippen LogP contribution >= 0.6 is 23.5 Å². The molecule has 7 nitrogen and oxygen atoms in total. The summed E-state index contributed by atoms with van der Waals surface area (Å²) in [6.07, 6.45) is 1.52. The first-order valence-electron chi connectivity index (χ1n) is 8.40. The Morgan fingerprint density at radius 1 is 1.19 bits per heavy atom. The molecule has 0 radical (unpaired) electrons. The Balaban J connectivity index is 1.68. The zero-order chi connectivity index (χ0) is 19.1. The summed E-state index contributed by atoms with van der Waals surface area (Å²) in [4.78, 5) is 8.49. The van der Waals surface area contributed by atoms with Gasteiger partial charge < -0.3 is 15.4 Å². The van der Waals surface area contributed by atoms with Gasteiger partial charge in [0.2, 0.25) is 0 Å². The van der Waals surface area contributed by atoms with Gasteiger partial charge in [0.25, 0.3) is 0 Å². The number of ether oxygens (including phenoxy) is 1.